The Hall–Kier alpha value is -3.02. The highest BCUT2D eigenvalue weighted by Crippen LogP contribution is 2.27. The number of esters is 1. The van der Waals surface area contributed by atoms with E-state index < -0.39 is 12.6 Å². The standard InChI is InChI=1S/C17H16O6/c1-21-15-7-6-11(9-16(15)22-2)14(19)10-23-17(20)12-4-3-5-13(18)8-12/h3-9,18H,10H2,1-2H3. The number of methoxy groups -OCH3 is 2. The van der Waals surface area contributed by atoms with E-state index in [4.69, 9.17) is 14.2 Å². The molecule has 23 heavy (non-hydrogen) atoms. The molecule has 2 aromatic rings. The third-order valence-corrected chi connectivity index (χ3v) is 3.12. The SMILES string of the molecule is COc1ccc(C(=O)COC(=O)c2cccc(O)c2)cc1OC. The molecule has 1 N–H and O–H groups in total. The number of phenolic OH excluding ortho intramolecular Hbond substituents is 1. The van der Waals surface area contributed by atoms with E-state index in [1.165, 1.54) is 44.6 Å². The topological polar surface area (TPSA) is 82.1 Å². The van der Waals surface area contributed by atoms with Crippen LogP contribution < -0.4 is 9.47 Å². The summed E-state index contributed by atoms with van der Waals surface area (Å²) in [6, 6.07) is 10.4. The number of carbonyl (C=O) groups is 2. The van der Waals surface area contributed by atoms with Gasteiger partial charge in [-0.25, -0.2) is 4.79 Å². The Morgan fingerprint density at radius 1 is 0.957 bits per heavy atom. The van der Waals surface area contributed by atoms with E-state index in [-0.39, 0.29) is 17.1 Å². The lowest BCUT2D eigenvalue weighted by atomic mass is 10.1. The Balaban J connectivity index is 2.03. The van der Waals surface area contributed by atoms with Crippen molar-refractivity contribution in [2.24, 2.45) is 0 Å². The van der Waals surface area contributed by atoms with Gasteiger partial charge in [-0.05, 0) is 36.4 Å². The molecule has 0 atom stereocenters. The smallest absolute Gasteiger partial charge is 0.338 e. The molecule has 0 spiro atoms. The van der Waals surface area contributed by atoms with Crippen molar-refractivity contribution >= 4 is 11.8 Å². The molecule has 0 aliphatic rings. The normalized spacial score (nSPS) is 10.0. The Morgan fingerprint density at radius 2 is 1.70 bits per heavy atom. The van der Waals surface area contributed by atoms with Crippen LogP contribution in [0.2, 0.25) is 0 Å². The van der Waals surface area contributed by atoms with E-state index in [2.05, 4.69) is 0 Å². The minimum absolute atomic E-state index is 0.0503. The van der Waals surface area contributed by atoms with E-state index in [1.54, 1.807) is 12.1 Å². The number of ketones is 1. The Bertz CT molecular complexity index is 723. The van der Waals surface area contributed by atoms with E-state index in [1.807, 2.05) is 0 Å². The van der Waals surface area contributed by atoms with Crippen LogP contribution in [0.5, 0.6) is 17.2 Å². The summed E-state index contributed by atoms with van der Waals surface area (Å²) in [5.41, 5.74) is 0.511. The van der Waals surface area contributed by atoms with Crippen molar-refractivity contribution in [1.82, 2.24) is 0 Å². The molecule has 120 valence electrons. The van der Waals surface area contributed by atoms with Gasteiger partial charge in [0.05, 0.1) is 19.8 Å². The number of hydrogen-bond donors (Lipinski definition) is 1. The van der Waals surface area contributed by atoms with Gasteiger partial charge >= 0.3 is 5.97 Å². The van der Waals surface area contributed by atoms with E-state index in [0.29, 0.717) is 17.1 Å². The highest BCUT2D eigenvalue weighted by molar-refractivity contribution is 5.99. The van der Waals surface area contributed by atoms with Gasteiger partial charge in [0.25, 0.3) is 0 Å². The number of Topliss-reactive ketones (excluding diaryl/α,β-unsaturated/α-hetero) is 1. The van der Waals surface area contributed by atoms with E-state index >= 15 is 0 Å². The summed E-state index contributed by atoms with van der Waals surface area (Å²) in [4.78, 5) is 23.9. The van der Waals surface area contributed by atoms with E-state index in [0.717, 1.165) is 0 Å². The molecule has 0 bridgehead atoms. The van der Waals surface area contributed by atoms with Gasteiger partial charge < -0.3 is 19.3 Å². The first kappa shape index (κ1) is 16.4. The zero-order valence-electron chi connectivity index (χ0n) is 12.7. The van der Waals surface area contributed by atoms with Crippen molar-refractivity contribution in [3.63, 3.8) is 0 Å². The molecule has 0 saturated heterocycles. The maximum Gasteiger partial charge on any atom is 0.338 e. The lowest BCUT2D eigenvalue weighted by Crippen LogP contribution is -2.14. The second-order valence-electron chi connectivity index (χ2n) is 4.62. The maximum absolute atomic E-state index is 12.1. The minimum Gasteiger partial charge on any atom is -0.508 e. The van der Waals surface area contributed by atoms with Gasteiger partial charge in [0.2, 0.25) is 0 Å². The van der Waals surface area contributed by atoms with Gasteiger partial charge in [-0.1, -0.05) is 6.07 Å². The van der Waals surface area contributed by atoms with Crippen LogP contribution in [0, 0.1) is 0 Å². The molecule has 2 rings (SSSR count). The molecule has 0 unspecified atom stereocenters. The summed E-state index contributed by atoms with van der Waals surface area (Å²) in [6.45, 7) is -0.413. The van der Waals surface area contributed by atoms with Crippen molar-refractivity contribution < 1.29 is 28.9 Å². The lowest BCUT2D eigenvalue weighted by molar-refractivity contribution is 0.0474. The number of carbonyl (C=O) groups excluding carboxylic acids is 2. The van der Waals surface area contributed by atoms with E-state index in [9.17, 15) is 14.7 Å². The van der Waals surface area contributed by atoms with Crippen LogP contribution in [0.25, 0.3) is 0 Å². The minimum atomic E-state index is -0.685. The van der Waals surface area contributed by atoms with Crippen LogP contribution in [0.3, 0.4) is 0 Å². The zero-order chi connectivity index (χ0) is 16.8. The molecule has 0 fully saturated rings. The fourth-order valence-corrected chi connectivity index (χ4v) is 1.94. The lowest BCUT2D eigenvalue weighted by Gasteiger charge is -2.09. The first-order chi connectivity index (χ1) is 11.0. The summed E-state index contributed by atoms with van der Waals surface area (Å²) in [5.74, 6) is -0.196. The van der Waals surface area contributed by atoms with Gasteiger partial charge in [0, 0.05) is 5.56 Å². The molecule has 0 amide bonds. The van der Waals surface area contributed by atoms with Crippen LogP contribution in [0.4, 0.5) is 0 Å². The van der Waals surface area contributed by atoms with Gasteiger partial charge in [-0.2, -0.15) is 0 Å². The molecule has 0 aliphatic carbocycles. The third-order valence-electron chi connectivity index (χ3n) is 3.12. The largest absolute Gasteiger partial charge is 0.508 e. The molecule has 2 aromatic carbocycles. The quantitative estimate of drug-likeness (QED) is 0.651. The third kappa shape index (κ3) is 4.00. The molecule has 0 radical (unpaired) electrons. The zero-order valence-corrected chi connectivity index (χ0v) is 12.7. The van der Waals surface area contributed by atoms with Crippen LogP contribution >= 0.6 is 0 Å². The van der Waals surface area contributed by atoms with Crippen molar-refractivity contribution in [3.05, 3.63) is 53.6 Å². The highest BCUT2D eigenvalue weighted by atomic mass is 16.5. The number of phenols is 1. The Kier molecular flexibility index (Phi) is 5.19. The first-order valence-corrected chi connectivity index (χ1v) is 6.76. The highest BCUT2D eigenvalue weighted by Gasteiger charge is 2.14. The molecule has 6 nitrogen and oxygen atoms in total. The van der Waals surface area contributed by atoms with Gasteiger partial charge in [-0.3, -0.25) is 4.79 Å². The average molecular weight is 316 g/mol. The van der Waals surface area contributed by atoms with Crippen LogP contribution in [0.15, 0.2) is 42.5 Å². The van der Waals surface area contributed by atoms with Crippen molar-refractivity contribution in [2.45, 2.75) is 0 Å². The summed E-state index contributed by atoms with van der Waals surface area (Å²) >= 11 is 0. The summed E-state index contributed by atoms with van der Waals surface area (Å²) < 4.78 is 15.2. The molecule has 0 aliphatic heterocycles. The first-order valence-electron chi connectivity index (χ1n) is 6.76. The summed E-state index contributed by atoms with van der Waals surface area (Å²) in [7, 11) is 2.96. The van der Waals surface area contributed by atoms with Crippen LogP contribution in [0.1, 0.15) is 20.7 Å². The molecule has 0 aromatic heterocycles. The van der Waals surface area contributed by atoms with Gasteiger partial charge in [0.15, 0.2) is 23.9 Å². The second-order valence-corrected chi connectivity index (χ2v) is 4.62. The summed E-state index contributed by atoms with van der Waals surface area (Å²) in [6.07, 6.45) is 0. The average Bonchev–Trinajstić information content (AvgIpc) is 2.58. The van der Waals surface area contributed by atoms with Crippen molar-refractivity contribution in [1.29, 1.82) is 0 Å². The molecular weight excluding hydrogens is 300 g/mol. The number of benzene rings is 2. The van der Waals surface area contributed by atoms with Crippen LogP contribution in [-0.2, 0) is 4.74 Å². The predicted octanol–water partition coefficient (Wildman–Crippen LogP) is 2.45. The fraction of sp³-hybridized carbons (Fsp3) is 0.176. The maximum atomic E-state index is 12.1. The number of aromatic hydroxyl groups is 1. The van der Waals surface area contributed by atoms with Crippen LogP contribution in [-0.4, -0.2) is 37.7 Å². The predicted molar refractivity (Wildman–Crippen MR) is 82.3 cm³/mol. The van der Waals surface area contributed by atoms with Crippen molar-refractivity contribution in [3.8, 4) is 17.2 Å². The van der Waals surface area contributed by atoms with Crippen molar-refractivity contribution in [2.75, 3.05) is 20.8 Å². The molecular formula is C17H16O6. The molecule has 6 heteroatoms. The Labute approximate surface area is 133 Å². The Morgan fingerprint density at radius 3 is 2.35 bits per heavy atom. The summed E-state index contributed by atoms with van der Waals surface area (Å²) in [5, 5.41) is 9.32. The second kappa shape index (κ2) is 7.31. The molecule has 0 saturated carbocycles. The monoisotopic (exact) mass is 316 g/mol. The van der Waals surface area contributed by atoms with Gasteiger partial charge in [-0.15, -0.1) is 0 Å². The molecule has 0 heterocycles. The van der Waals surface area contributed by atoms with Gasteiger partial charge in [0.1, 0.15) is 5.75 Å². The number of rotatable bonds is 6. The number of hydrogen-bond acceptors (Lipinski definition) is 6. The fourth-order valence-electron chi connectivity index (χ4n) is 1.94. The number of ether oxygens (including phenoxy) is 3.